The van der Waals surface area contributed by atoms with Crippen LogP contribution in [0.15, 0.2) is 24.5 Å². The lowest BCUT2D eigenvalue weighted by molar-refractivity contribution is -0.120. The van der Waals surface area contributed by atoms with Gasteiger partial charge in [-0.3, -0.25) is 14.7 Å². The minimum absolute atomic E-state index is 0.330. The van der Waals surface area contributed by atoms with E-state index < -0.39 is 0 Å². The molecule has 1 aliphatic carbocycles. The Labute approximate surface area is 109 Å². The van der Waals surface area contributed by atoms with Gasteiger partial charge in [-0.05, 0) is 50.0 Å². The normalized spacial score (nSPS) is 19.7. The van der Waals surface area contributed by atoms with Gasteiger partial charge in [-0.15, -0.1) is 0 Å². The molecule has 0 spiro atoms. The third kappa shape index (κ3) is 3.64. The van der Waals surface area contributed by atoms with Crippen LogP contribution in [0.5, 0.6) is 0 Å². The molecule has 3 heteroatoms. The lowest BCUT2D eigenvalue weighted by Gasteiger charge is -2.21. The average Bonchev–Trinajstić information content (AvgIpc) is 2.81. The van der Waals surface area contributed by atoms with Crippen LogP contribution in [0.1, 0.15) is 38.2 Å². The van der Waals surface area contributed by atoms with Gasteiger partial charge >= 0.3 is 0 Å². The van der Waals surface area contributed by atoms with Crippen molar-refractivity contribution in [2.45, 2.75) is 39.2 Å². The number of carbonyl (C=O) groups excluding carboxylic acids is 1. The Morgan fingerprint density at radius 2 is 2.17 bits per heavy atom. The van der Waals surface area contributed by atoms with Gasteiger partial charge in [0.2, 0.25) is 0 Å². The van der Waals surface area contributed by atoms with Gasteiger partial charge in [0.15, 0.2) is 0 Å². The molecule has 0 bridgehead atoms. The maximum Gasteiger partial charge on any atom is 0.136 e. The molecule has 1 heterocycles. The summed E-state index contributed by atoms with van der Waals surface area (Å²) in [4.78, 5) is 18.0. The number of aromatic nitrogens is 1. The average molecular weight is 246 g/mol. The first-order chi connectivity index (χ1) is 8.79. The van der Waals surface area contributed by atoms with Crippen molar-refractivity contribution < 1.29 is 4.79 Å². The number of hydrogen-bond donors (Lipinski definition) is 0. The number of nitrogens with zero attached hydrogens (tertiary/aromatic N) is 2. The molecule has 1 unspecified atom stereocenters. The fourth-order valence-corrected chi connectivity index (χ4v) is 2.63. The summed E-state index contributed by atoms with van der Waals surface area (Å²) in [6.07, 6.45) is 7.71. The standard InChI is InChI=1S/C15H22N2O/c1-2-17(12-13-6-9-16-10-7-13)11-8-14-4-3-5-15(14)18/h6-7,9-10,14H,2-5,8,11-12H2,1H3. The highest BCUT2D eigenvalue weighted by atomic mass is 16.1. The van der Waals surface area contributed by atoms with Crippen LogP contribution < -0.4 is 0 Å². The molecule has 0 aromatic carbocycles. The summed E-state index contributed by atoms with van der Waals surface area (Å²) in [6, 6.07) is 4.12. The van der Waals surface area contributed by atoms with Crippen LogP contribution in [0.3, 0.4) is 0 Å². The minimum atomic E-state index is 0.330. The Kier molecular flexibility index (Phi) is 4.88. The van der Waals surface area contributed by atoms with E-state index in [1.165, 1.54) is 5.56 Å². The van der Waals surface area contributed by atoms with E-state index in [1.807, 2.05) is 12.4 Å². The second kappa shape index (κ2) is 6.64. The van der Waals surface area contributed by atoms with E-state index >= 15 is 0 Å². The maximum absolute atomic E-state index is 11.6. The lowest BCUT2D eigenvalue weighted by atomic mass is 10.0. The Bertz CT molecular complexity index is 377. The van der Waals surface area contributed by atoms with Crippen LogP contribution in [-0.2, 0) is 11.3 Å². The van der Waals surface area contributed by atoms with Crippen molar-refractivity contribution in [2.24, 2.45) is 5.92 Å². The van der Waals surface area contributed by atoms with E-state index in [-0.39, 0.29) is 0 Å². The lowest BCUT2D eigenvalue weighted by Crippen LogP contribution is -2.26. The van der Waals surface area contributed by atoms with Gasteiger partial charge in [0.1, 0.15) is 5.78 Å². The quantitative estimate of drug-likeness (QED) is 0.773. The highest BCUT2D eigenvalue weighted by molar-refractivity contribution is 5.82. The first kappa shape index (κ1) is 13.2. The Hall–Kier alpha value is -1.22. The van der Waals surface area contributed by atoms with Crippen LogP contribution >= 0.6 is 0 Å². The molecule has 1 fully saturated rings. The molecule has 98 valence electrons. The summed E-state index contributed by atoms with van der Waals surface area (Å²) in [6.45, 7) is 5.19. The second-order valence-electron chi connectivity index (χ2n) is 5.07. The summed E-state index contributed by atoms with van der Waals surface area (Å²) in [5.41, 5.74) is 1.30. The van der Waals surface area contributed by atoms with Gasteiger partial charge in [0, 0.05) is 31.3 Å². The monoisotopic (exact) mass is 246 g/mol. The van der Waals surface area contributed by atoms with E-state index in [2.05, 4.69) is 28.9 Å². The molecule has 1 aromatic heterocycles. The van der Waals surface area contributed by atoms with E-state index in [9.17, 15) is 4.79 Å². The van der Waals surface area contributed by atoms with Crippen molar-refractivity contribution in [3.05, 3.63) is 30.1 Å². The van der Waals surface area contributed by atoms with Gasteiger partial charge in [-0.1, -0.05) is 6.92 Å². The van der Waals surface area contributed by atoms with Crippen LogP contribution in [0, 0.1) is 5.92 Å². The fraction of sp³-hybridized carbons (Fsp3) is 0.600. The Morgan fingerprint density at radius 1 is 1.39 bits per heavy atom. The number of pyridine rings is 1. The molecule has 1 aliphatic rings. The summed E-state index contributed by atoms with van der Waals surface area (Å²) in [7, 11) is 0. The number of rotatable bonds is 6. The van der Waals surface area contributed by atoms with Crippen LogP contribution in [-0.4, -0.2) is 28.8 Å². The van der Waals surface area contributed by atoms with Crippen LogP contribution in [0.25, 0.3) is 0 Å². The smallest absolute Gasteiger partial charge is 0.136 e. The Balaban J connectivity index is 1.80. The van der Waals surface area contributed by atoms with Crippen molar-refractivity contribution in [1.82, 2.24) is 9.88 Å². The summed E-state index contributed by atoms with van der Waals surface area (Å²) in [5, 5.41) is 0. The molecular weight excluding hydrogens is 224 g/mol. The van der Waals surface area contributed by atoms with Gasteiger partial charge in [0.25, 0.3) is 0 Å². The highest BCUT2D eigenvalue weighted by Gasteiger charge is 2.24. The van der Waals surface area contributed by atoms with Crippen molar-refractivity contribution in [1.29, 1.82) is 0 Å². The zero-order valence-electron chi connectivity index (χ0n) is 11.1. The number of ketones is 1. The van der Waals surface area contributed by atoms with E-state index in [4.69, 9.17) is 0 Å². The van der Waals surface area contributed by atoms with E-state index in [0.717, 1.165) is 45.3 Å². The summed E-state index contributed by atoms with van der Waals surface area (Å²) in [5.74, 6) is 0.812. The SMILES string of the molecule is CCN(CCC1CCCC1=O)Cc1ccncc1. The number of Topliss-reactive ketones (excluding diaryl/α,β-unsaturated/α-hetero) is 1. The summed E-state index contributed by atoms with van der Waals surface area (Å²) < 4.78 is 0. The first-order valence-electron chi connectivity index (χ1n) is 6.93. The molecule has 0 N–H and O–H groups in total. The number of carbonyl (C=O) groups is 1. The Morgan fingerprint density at radius 3 is 2.78 bits per heavy atom. The maximum atomic E-state index is 11.6. The number of hydrogen-bond acceptors (Lipinski definition) is 3. The van der Waals surface area contributed by atoms with Crippen molar-refractivity contribution >= 4 is 5.78 Å². The highest BCUT2D eigenvalue weighted by Crippen LogP contribution is 2.24. The van der Waals surface area contributed by atoms with E-state index in [1.54, 1.807) is 0 Å². The van der Waals surface area contributed by atoms with Crippen LogP contribution in [0.4, 0.5) is 0 Å². The molecular formula is C15H22N2O. The zero-order valence-corrected chi connectivity index (χ0v) is 11.1. The van der Waals surface area contributed by atoms with Gasteiger partial charge in [-0.2, -0.15) is 0 Å². The molecule has 1 atom stereocenters. The van der Waals surface area contributed by atoms with Crippen molar-refractivity contribution in [2.75, 3.05) is 13.1 Å². The van der Waals surface area contributed by atoms with Crippen LogP contribution in [0.2, 0.25) is 0 Å². The molecule has 18 heavy (non-hydrogen) atoms. The first-order valence-corrected chi connectivity index (χ1v) is 6.93. The predicted molar refractivity (Wildman–Crippen MR) is 72.2 cm³/mol. The van der Waals surface area contributed by atoms with Crippen molar-refractivity contribution in [3.63, 3.8) is 0 Å². The molecule has 0 radical (unpaired) electrons. The topological polar surface area (TPSA) is 33.2 Å². The molecule has 1 aromatic rings. The van der Waals surface area contributed by atoms with Crippen molar-refractivity contribution in [3.8, 4) is 0 Å². The zero-order chi connectivity index (χ0) is 12.8. The predicted octanol–water partition coefficient (Wildman–Crippen LogP) is 2.66. The van der Waals surface area contributed by atoms with Gasteiger partial charge in [0.05, 0.1) is 0 Å². The van der Waals surface area contributed by atoms with E-state index in [0.29, 0.717) is 11.7 Å². The molecule has 0 saturated heterocycles. The summed E-state index contributed by atoms with van der Waals surface area (Å²) >= 11 is 0. The molecule has 3 nitrogen and oxygen atoms in total. The van der Waals surface area contributed by atoms with Gasteiger partial charge < -0.3 is 0 Å². The fourth-order valence-electron chi connectivity index (χ4n) is 2.63. The molecule has 0 amide bonds. The largest absolute Gasteiger partial charge is 0.299 e. The third-order valence-corrected chi connectivity index (χ3v) is 3.83. The second-order valence-corrected chi connectivity index (χ2v) is 5.07. The molecule has 0 aliphatic heterocycles. The van der Waals surface area contributed by atoms with Gasteiger partial charge in [-0.25, -0.2) is 0 Å². The third-order valence-electron chi connectivity index (χ3n) is 3.83. The molecule has 1 saturated carbocycles. The minimum Gasteiger partial charge on any atom is -0.299 e. The molecule has 2 rings (SSSR count).